The zero-order chi connectivity index (χ0) is 21.5. The van der Waals surface area contributed by atoms with Crippen molar-refractivity contribution in [1.82, 2.24) is 14.9 Å². The number of likely N-dealkylation sites (tertiary alicyclic amines) is 1. The van der Waals surface area contributed by atoms with Crippen LogP contribution in [0.2, 0.25) is 0 Å². The highest BCUT2D eigenvalue weighted by Gasteiger charge is 2.22. The Morgan fingerprint density at radius 3 is 2.58 bits per heavy atom. The van der Waals surface area contributed by atoms with Crippen molar-refractivity contribution in [2.24, 2.45) is 5.10 Å². The molecule has 1 amide bonds. The molecule has 0 aliphatic carbocycles. The Morgan fingerprint density at radius 1 is 1.10 bits per heavy atom. The molecule has 1 aromatic carbocycles. The normalized spacial score (nSPS) is 14.5. The van der Waals surface area contributed by atoms with Gasteiger partial charge in [0.1, 0.15) is 5.75 Å². The summed E-state index contributed by atoms with van der Waals surface area (Å²) in [6.07, 6.45) is 6.17. The molecule has 7 nitrogen and oxygen atoms in total. The molecule has 0 atom stereocenters. The number of benzene rings is 1. The molecule has 1 saturated heterocycles. The molecule has 1 aliphatic rings. The van der Waals surface area contributed by atoms with Gasteiger partial charge < -0.3 is 9.64 Å². The predicted octanol–water partition coefficient (Wildman–Crippen LogP) is 4.69. The zero-order valence-electron chi connectivity index (χ0n) is 17.4. The molecule has 0 unspecified atom stereocenters. The van der Waals surface area contributed by atoms with Crippen LogP contribution in [0.1, 0.15) is 31.4 Å². The maximum Gasteiger partial charge on any atom is 0.219 e. The minimum Gasteiger partial charge on any atom is -0.439 e. The van der Waals surface area contributed by atoms with Crippen molar-refractivity contribution in [2.75, 3.05) is 18.5 Å². The molecule has 2 aromatic heterocycles. The molecule has 0 saturated carbocycles. The van der Waals surface area contributed by atoms with Gasteiger partial charge in [-0.25, -0.2) is 4.98 Å². The Balaban J connectivity index is 1.59. The zero-order valence-corrected chi connectivity index (χ0v) is 17.4. The fourth-order valence-electron chi connectivity index (χ4n) is 3.66. The highest BCUT2D eigenvalue weighted by molar-refractivity contribution is 5.75. The molecule has 3 heterocycles. The SMILES string of the molecule is C/C=N\Nc1ccc(C2CCN(C=O)CC2)nc1-c1ccc(Oc2ccccn2)cc1. The summed E-state index contributed by atoms with van der Waals surface area (Å²) >= 11 is 0. The number of nitrogens with zero attached hydrogens (tertiary/aromatic N) is 4. The fraction of sp³-hybridized carbons (Fsp3) is 0.250. The van der Waals surface area contributed by atoms with E-state index in [4.69, 9.17) is 9.72 Å². The molecule has 1 N–H and O–H groups in total. The Bertz CT molecular complexity index is 1030. The van der Waals surface area contributed by atoms with Gasteiger partial charge in [0, 0.05) is 48.7 Å². The highest BCUT2D eigenvalue weighted by Crippen LogP contribution is 2.33. The van der Waals surface area contributed by atoms with Crippen LogP contribution in [0.4, 0.5) is 5.69 Å². The lowest BCUT2D eigenvalue weighted by Gasteiger charge is -2.29. The molecule has 3 aromatic rings. The number of hydrazone groups is 1. The van der Waals surface area contributed by atoms with E-state index < -0.39 is 0 Å². The Labute approximate surface area is 181 Å². The number of piperidine rings is 1. The number of rotatable bonds is 7. The molecule has 0 radical (unpaired) electrons. The van der Waals surface area contributed by atoms with Gasteiger partial charge in [-0.3, -0.25) is 15.2 Å². The molecule has 1 fully saturated rings. The second-order valence-electron chi connectivity index (χ2n) is 7.34. The number of carbonyl (C=O) groups excluding carboxylic acids is 1. The number of aromatic nitrogens is 2. The van der Waals surface area contributed by atoms with Crippen LogP contribution in [0, 0.1) is 0 Å². The van der Waals surface area contributed by atoms with Crippen molar-refractivity contribution in [3.8, 4) is 22.9 Å². The fourth-order valence-corrected chi connectivity index (χ4v) is 3.66. The van der Waals surface area contributed by atoms with E-state index >= 15 is 0 Å². The molecular formula is C24H25N5O2. The van der Waals surface area contributed by atoms with Gasteiger partial charge in [0.25, 0.3) is 0 Å². The average Bonchev–Trinajstić information content (AvgIpc) is 2.84. The molecule has 0 spiro atoms. The number of nitrogens with one attached hydrogen (secondary N) is 1. The van der Waals surface area contributed by atoms with Gasteiger partial charge in [-0.15, -0.1) is 0 Å². The van der Waals surface area contributed by atoms with Crippen molar-refractivity contribution >= 4 is 18.3 Å². The predicted molar refractivity (Wildman–Crippen MR) is 121 cm³/mol. The van der Waals surface area contributed by atoms with E-state index in [9.17, 15) is 4.79 Å². The third-order valence-electron chi connectivity index (χ3n) is 5.32. The molecule has 7 heteroatoms. The maximum atomic E-state index is 11.0. The van der Waals surface area contributed by atoms with E-state index in [1.807, 2.05) is 60.4 Å². The number of hydrogen-bond acceptors (Lipinski definition) is 6. The standard InChI is InChI=1S/C24H25N5O2/c1-2-26-28-22-11-10-21(18-12-15-29(17-30)16-13-18)27-24(22)19-6-8-20(9-7-19)31-23-5-3-4-14-25-23/h2-11,14,17-18,28H,12-13,15-16H2,1H3/b26-2-. The molecule has 1 aliphatic heterocycles. The van der Waals surface area contributed by atoms with Crippen LogP contribution in [-0.4, -0.2) is 40.6 Å². The summed E-state index contributed by atoms with van der Waals surface area (Å²) in [5.41, 5.74) is 6.76. The van der Waals surface area contributed by atoms with E-state index in [1.54, 1.807) is 12.4 Å². The summed E-state index contributed by atoms with van der Waals surface area (Å²) < 4.78 is 5.80. The topological polar surface area (TPSA) is 79.7 Å². The van der Waals surface area contributed by atoms with Crippen molar-refractivity contribution in [3.05, 3.63) is 66.5 Å². The second kappa shape index (κ2) is 9.84. The highest BCUT2D eigenvalue weighted by atomic mass is 16.5. The van der Waals surface area contributed by atoms with Gasteiger partial charge >= 0.3 is 0 Å². The lowest BCUT2D eigenvalue weighted by molar-refractivity contribution is -0.119. The Morgan fingerprint density at radius 2 is 1.90 bits per heavy atom. The van der Waals surface area contributed by atoms with Gasteiger partial charge in [0.2, 0.25) is 12.3 Å². The first-order chi connectivity index (χ1) is 15.3. The maximum absolute atomic E-state index is 11.0. The lowest BCUT2D eigenvalue weighted by Crippen LogP contribution is -2.31. The van der Waals surface area contributed by atoms with Gasteiger partial charge in [-0.05, 0) is 62.2 Å². The quantitative estimate of drug-likeness (QED) is 0.344. The van der Waals surface area contributed by atoms with E-state index in [0.29, 0.717) is 17.5 Å². The van der Waals surface area contributed by atoms with Gasteiger partial charge in [0.15, 0.2) is 0 Å². The summed E-state index contributed by atoms with van der Waals surface area (Å²) in [7, 11) is 0. The largest absolute Gasteiger partial charge is 0.439 e. The first-order valence-corrected chi connectivity index (χ1v) is 10.4. The third kappa shape index (κ3) is 5.06. The first kappa shape index (κ1) is 20.5. The minimum atomic E-state index is 0.338. The smallest absolute Gasteiger partial charge is 0.219 e. The molecule has 4 rings (SSSR count). The van der Waals surface area contributed by atoms with E-state index in [-0.39, 0.29) is 0 Å². The molecular weight excluding hydrogens is 390 g/mol. The monoisotopic (exact) mass is 415 g/mol. The molecule has 158 valence electrons. The molecule has 31 heavy (non-hydrogen) atoms. The second-order valence-corrected chi connectivity index (χ2v) is 7.34. The van der Waals surface area contributed by atoms with Crippen LogP contribution in [0.5, 0.6) is 11.6 Å². The van der Waals surface area contributed by atoms with E-state index in [0.717, 1.165) is 55.0 Å². The summed E-state index contributed by atoms with van der Waals surface area (Å²) in [6.45, 7) is 3.40. The Kier molecular flexibility index (Phi) is 6.52. The van der Waals surface area contributed by atoms with Gasteiger partial charge in [0.05, 0.1) is 11.4 Å². The van der Waals surface area contributed by atoms with Gasteiger partial charge in [-0.2, -0.15) is 5.10 Å². The lowest BCUT2D eigenvalue weighted by atomic mass is 9.92. The number of hydrogen-bond donors (Lipinski definition) is 1. The number of carbonyl (C=O) groups is 1. The number of pyridine rings is 2. The summed E-state index contributed by atoms with van der Waals surface area (Å²) in [6, 6.07) is 17.4. The van der Waals surface area contributed by atoms with E-state index in [2.05, 4.69) is 21.6 Å². The van der Waals surface area contributed by atoms with Crippen LogP contribution in [0.3, 0.4) is 0 Å². The van der Waals surface area contributed by atoms with Crippen molar-refractivity contribution in [2.45, 2.75) is 25.7 Å². The first-order valence-electron chi connectivity index (χ1n) is 10.4. The third-order valence-corrected chi connectivity index (χ3v) is 5.32. The van der Waals surface area contributed by atoms with Crippen molar-refractivity contribution in [3.63, 3.8) is 0 Å². The summed E-state index contributed by atoms with van der Waals surface area (Å²) in [5.74, 6) is 1.60. The van der Waals surface area contributed by atoms with Crippen LogP contribution < -0.4 is 10.2 Å². The van der Waals surface area contributed by atoms with Crippen molar-refractivity contribution in [1.29, 1.82) is 0 Å². The Hall–Kier alpha value is -3.74. The van der Waals surface area contributed by atoms with Crippen LogP contribution in [0.25, 0.3) is 11.3 Å². The number of ether oxygens (including phenoxy) is 1. The van der Waals surface area contributed by atoms with Gasteiger partial charge in [-0.1, -0.05) is 6.07 Å². The van der Waals surface area contributed by atoms with Crippen LogP contribution in [-0.2, 0) is 4.79 Å². The van der Waals surface area contributed by atoms with E-state index in [1.165, 1.54) is 0 Å². The minimum absolute atomic E-state index is 0.338. The van der Waals surface area contributed by atoms with Crippen molar-refractivity contribution < 1.29 is 9.53 Å². The van der Waals surface area contributed by atoms with Crippen LogP contribution in [0.15, 0.2) is 65.9 Å². The average molecular weight is 415 g/mol. The summed E-state index contributed by atoms with van der Waals surface area (Å²) in [4.78, 5) is 22.0. The number of anilines is 1. The van der Waals surface area contributed by atoms with Crippen LogP contribution >= 0.6 is 0 Å². The number of amides is 1. The summed E-state index contributed by atoms with van der Waals surface area (Å²) in [5, 5.41) is 4.17. The molecule has 0 bridgehead atoms.